The van der Waals surface area contributed by atoms with E-state index in [-0.39, 0.29) is 28.8 Å². The van der Waals surface area contributed by atoms with Crippen molar-refractivity contribution >= 4 is 51.7 Å². The van der Waals surface area contributed by atoms with Crippen molar-refractivity contribution in [2.24, 2.45) is 10.9 Å². The molecule has 0 bridgehead atoms. The molecule has 0 saturated carbocycles. The second-order valence-corrected chi connectivity index (χ2v) is 10.9. The van der Waals surface area contributed by atoms with Gasteiger partial charge in [0.15, 0.2) is 10.8 Å². The third-order valence-electron chi connectivity index (χ3n) is 6.33. The number of hydrogen-bond acceptors (Lipinski definition) is 14. The van der Waals surface area contributed by atoms with Crippen LogP contribution in [0.25, 0.3) is 0 Å². The lowest BCUT2D eigenvalue weighted by molar-refractivity contribution is -0.150. The Labute approximate surface area is 237 Å². The van der Waals surface area contributed by atoms with Gasteiger partial charge in [-0.1, -0.05) is 5.16 Å². The molecule has 2 atom stereocenters. The number of thioether (sulfide) groups is 1. The normalized spacial score (nSPS) is 21.7. The zero-order valence-corrected chi connectivity index (χ0v) is 23.0. The number of β-lactam (4-membered cyclic amide) rings is 1. The molecule has 1 fully saturated rings. The molecule has 17 heteroatoms. The van der Waals surface area contributed by atoms with Crippen LogP contribution in [0.3, 0.4) is 0 Å². The van der Waals surface area contributed by atoms with E-state index in [4.69, 9.17) is 16.3 Å². The number of nitrogens with one attached hydrogen (secondary N) is 3. The van der Waals surface area contributed by atoms with E-state index in [1.807, 2.05) is 34.5 Å². The fraction of sp³-hybridized carbons (Fsp3) is 0.348. The molecule has 0 unspecified atom stereocenters. The number of rotatable bonds is 11. The van der Waals surface area contributed by atoms with Crippen LogP contribution in [0.4, 0.5) is 5.13 Å². The highest BCUT2D eigenvalue weighted by Gasteiger charge is 2.54. The lowest BCUT2D eigenvalue weighted by Crippen LogP contribution is -2.71. The molecule has 212 valence electrons. The first-order valence-corrected chi connectivity index (χ1v) is 14.2. The summed E-state index contributed by atoms with van der Waals surface area (Å²) in [6.07, 6.45) is 8.31. The number of carboxylic acid groups (broad SMARTS) is 1. The smallest absolute Gasteiger partial charge is 0.352 e. The monoisotopic (exact) mass is 588 g/mol. The van der Waals surface area contributed by atoms with Crippen LogP contribution in [0.1, 0.15) is 12.1 Å². The number of anilines is 1. The fourth-order valence-corrected chi connectivity index (χ4v) is 6.39. The Morgan fingerprint density at radius 2 is 2.17 bits per heavy atom. The maximum absolute atomic E-state index is 13.1. The van der Waals surface area contributed by atoms with E-state index < -0.39 is 29.2 Å². The number of nitrogen functional groups attached to an aromatic ring is 1. The van der Waals surface area contributed by atoms with E-state index in [0.717, 1.165) is 35.9 Å². The summed E-state index contributed by atoms with van der Waals surface area (Å²) < 4.78 is 0. The molecule has 2 amide bonds. The molecule has 1 aromatic heterocycles. The number of thiazole rings is 1. The Bertz CT molecular complexity index is 1370. The summed E-state index contributed by atoms with van der Waals surface area (Å²) in [5.41, 5.74) is 15.0. The second-order valence-electron chi connectivity index (χ2n) is 8.89. The highest BCUT2D eigenvalue weighted by atomic mass is 32.2. The molecule has 4 aliphatic rings. The fourth-order valence-electron chi connectivity index (χ4n) is 4.50. The summed E-state index contributed by atoms with van der Waals surface area (Å²) in [7, 11) is 1.28. The lowest BCUT2D eigenvalue weighted by atomic mass is 10.0. The van der Waals surface area contributed by atoms with Gasteiger partial charge in [0, 0.05) is 36.6 Å². The van der Waals surface area contributed by atoms with Crippen molar-refractivity contribution in [2.45, 2.75) is 17.8 Å². The van der Waals surface area contributed by atoms with Crippen LogP contribution >= 0.6 is 23.1 Å². The van der Waals surface area contributed by atoms with Crippen molar-refractivity contribution in [3.8, 4) is 0 Å². The quantitative estimate of drug-likeness (QED) is 0.0799. The molecule has 0 radical (unpaired) electrons. The summed E-state index contributed by atoms with van der Waals surface area (Å²) >= 11 is 2.51. The molecule has 0 aromatic carbocycles. The SMILES string of the molecule is CO/N=C(\C(=O)N[C@H]1C(=O)N2C(C(=O)O)=C(CN3C=CN4NC(NCCCN)=CC=C34)CS[C@@H]12)c1csc(N)n1. The average molecular weight is 589 g/mol. The number of carbonyl (C=O) groups is 3. The van der Waals surface area contributed by atoms with Crippen LogP contribution in [0.15, 0.2) is 58.0 Å². The van der Waals surface area contributed by atoms with Crippen molar-refractivity contribution in [3.05, 3.63) is 58.5 Å². The predicted molar refractivity (Wildman–Crippen MR) is 148 cm³/mol. The van der Waals surface area contributed by atoms with E-state index in [9.17, 15) is 19.5 Å². The molecular weight excluding hydrogens is 560 g/mol. The number of oxime groups is 1. The Hall–Kier alpha value is -4.22. The zero-order valence-electron chi connectivity index (χ0n) is 21.4. The third-order valence-corrected chi connectivity index (χ3v) is 8.35. The molecule has 1 aromatic rings. The minimum atomic E-state index is -1.21. The summed E-state index contributed by atoms with van der Waals surface area (Å²) in [5, 5.41) is 22.7. The maximum Gasteiger partial charge on any atom is 0.352 e. The minimum absolute atomic E-state index is 0.0757. The van der Waals surface area contributed by atoms with E-state index >= 15 is 0 Å². The van der Waals surface area contributed by atoms with Gasteiger partial charge in [-0.25, -0.2) is 14.8 Å². The van der Waals surface area contributed by atoms with Crippen LogP contribution in [0, 0.1) is 0 Å². The molecule has 0 aliphatic carbocycles. The molecular formula is C23H28N10O5S2. The van der Waals surface area contributed by atoms with Gasteiger partial charge in [0.2, 0.25) is 0 Å². The number of carboxylic acids is 1. The average Bonchev–Trinajstić information content (AvgIpc) is 3.55. The maximum atomic E-state index is 13.1. The van der Waals surface area contributed by atoms with Crippen LogP contribution in [0.2, 0.25) is 0 Å². The Balaban J connectivity index is 1.29. The van der Waals surface area contributed by atoms with Crippen LogP contribution in [0.5, 0.6) is 0 Å². The molecule has 5 heterocycles. The molecule has 4 aliphatic heterocycles. The molecule has 0 spiro atoms. The van der Waals surface area contributed by atoms with Gasteiger partial charge in [-0.3, -0.25) is 19.9 Å². The first-order valence-electron chi connectivity index (χ1n) is 12.2. The summed E-state index contributed by atoms with van der Waals surface area (Å²) in [6.45, 7) is 1.59. The number of carbonyl (C=O) groups excluding carboxylic acids is 2. The van der Waals surface area contributed by atoms with E-state index in [0.29, 0.717) is 17.9 Å². The highest BCUT2D eigenvalue weighted by Crippen LogP contribution is 2.41. The standard InChI is InChI=1S/C23H28N10O5S2/c1-38-30-16(13-11-40-23(25)27-13)19(34)28-17-20(35)33-18(22(36)37)12(10-39-21(17)33)9-31-7-8-32-15(31)4-3-14(29-32)26-6-2-5-24/h3-4,7-8,11,17,21,26,29H,2,5-6,9-10,24H2,1H3,(H2,25,27)(H,28,34)(H,36,37)/b30-16-/t17-,21-/m0/s1. The van der Waals surface area contributed by atoms with Crippen LogP contribution in [-0.4, -0.2) is 92.3 Å². The van der Waals surface area contributed by atoms with Gasteiger partial charge >= 0.3 is 5.97 Å². The Kier molecular flexibility index (Phi) is 7.85. The first kappa shape index (κ1) is 27.4. The predicted octanol–water partition coefficient (Wildman–Crippen LogP) is -0.957. The van der Waals surface area contributed by atoms with Crippen LogP contribution < -0.4 is 27.5 Å². The van der Waals surface area contributed by atoms with Crippen molar-refractivity contribution in [1.29, 1.82) is 0 Å². The summed E-state index contributed by atoms with van der Waals surface area (Å²) in [5.74, 6) is -0.427. The first-order chi connectivity index (χ1) is 19.3. The van der Waals surface area contributed by atoms with Gasteiger partial charge in [-0.15, -0.1) is 23.1 Å². The number of nitrogens with zero attached hydrogens (tertiary/aromatic N) is 5. The van der Waals surface area contributed by atoms with Crippen molar-refractivity contribution in [3.63, 3.8) is 0 Å². The number of hydrogen-bond donors (Lipinski definition) is 6. The van der Waals surface area contributed by atoms with Gasteiger partial charge in [-0.05, 0) is 30.7 Å². The van der Waals surface area contributed by atoms with Gasteiger partial charge in [0.1, 0.15) is 41.6 Å². The zero-order chi connectivity index (χ0) is 28.4. The number of aromatic nitrogens is 1. The minimum Gasteiger partial charge on any atom is -0.477 e. The number of amides is 2. The molecule has 15 nitrogen and oxygen atoms in total. The van der Waals surface area contributed by atoms with E-state index in [1.165, 1.54) is 23.8 Å². The molecule has 8 N–H and O–H groups in total. The van der Waals surface area contributed by atoms with Gasteiger partial charge in [0.05, 0.1) is 0 Å². The highest BCUT2D eigenvalue weighted by molar-refractivity contribution is 8.00. The van der Waals surface area contributed by atoms with Gasteiger partial charge in [-0.2, -0.15) is 0 Å². The number of fused-ring (bicyclic) bond motifs is 2. The Morgan fingerprint density at radius 3 is 2.88 bits per heavy atom. The van der Waals surface area contributed by atoms with Crippen molar-refractivity contribution < 1.29 is 24.3 Å². The largest absolute Gasteiger partial charge is 0.477 e. The molecule has 5 rings (SSSR count). The Morgan fingerprint density at radius 1 is 1.35 bits per heavy atom. The number of allylic oxidation sites excluding steroid dienone is 2. The lowest BCUT2D eigenvalue weighted by Gasteiger charge is -2.49. The molecule has 40 heavy (non-hydrogen) atoms. The number of aliphatic carboxylic acids is 1. The number of hydrazine groups is 1. The summed E-state index contributed by atoms with van der Waals surface area (Å²) in [4.78, 5) is 50.4. The van der Waals surface area contributed by atoms with Gasteiger partial charge in [0.25, 0.3) is 11.8 Å². The second kappa shape index (κ2) is 11.5. The topological polar surface area (TPSA) is 204 Å². The van der Waals surface area contributed by atoms with Gasteiger partial charge < -0.3 is 36.9 Å². The van der Waals surface area contributed by atoms with Crippen molar-refractivity contribution in [2.75, 3.05) is 38.2 Å². The number of nitrogens with two attached hydrogens (primary N) is 2. The van der Waals surface area contributed by atoms with E-state index in [2.05, 4.69) is 26.2 Å². The third kappa shape index (κ3) is 5.17. The van der Waals surface area contributed by atoms with Crippen LogP contribution in [-0.2, 0) is 19.2 Å². The summed E-state index contributed by atoms with van der Waals surface area (Å²) in [6, 6.07) is -0.936. The van der Waals surface area contributed by atoms with E-state index in [1.54, 1.807) is 5.38 Å². The van der Waals surface area contributed by atoms with Crippen molar-refractivity contribution in [1.82, 2.24) is 35.9 Å². The molecule has 1 saturated heterocycles.